The van der Waals surface area contributed by atoms with Crippen molar-refractivity contribution in [2.45, 2.75) is 11.4 Å². The number of thioether (sulfide) groups is 1. The topological polar surface area (TPSA) is 63.4 Å². The molecule has 2 rings (SSSR count). The molecule has 2 N–H and O–H groups in total. The fourth-order valence-electron chi connectivity index (χ4n) is 2.53. The summed E-state index contributed by atoms with van der Waals surface area (Å²) >= 11 is 11.4. The first-order valence-corrected chi connectivity index (χ1v) is 10.8. The smallest absolute Gasteiger partial charge is 0.164 e. The summed E-state index contributed by atoms with van der Waals surface area (Å²) in [6, 6.07) is 5.43. The molecule has 0 bridgehead atoms. The van der Waals surface area contributed by atoms with Gasteiger partial charge in [0.05, 0.1) is 0 Å². The summed E-state index contributed by atoms with van der Waals surface area (Å²) in [5.41, 5.74) is 6.81. The lowest BCUT2D eigenvalue weighted by Gasteiger charge is -2.39. The molecule has 2 unspecified atom stereocenters. The molecule has 21 heavy (non-hydrogen) atoms. The number of benzene rings is 1. The quantitative estimate of drug-likeness (QED) is 0.822. The van der Waals surface area contributed by atoms with Crippen LogP contribution in [0.15, 0.2) is 22.7 Å². The Bertz CT molecular complexity index is 612. The molecule has 2 atom stereocenters. The van der Waals surface area contributed by atoms with Gasteiger partial charge < -0.3 is 5.73 Å². The van der Waals surface area contributed by atoms with Crippen LogP contribution in [0.5, 0.6) is 0 Å². The third kappa shape index (κ3) is 4.14. The highest BCUT2D eigenvalue weighted by Gasteiger charge is 2.36. The third-order valence-corrected chi connectivity index (χ3v) is 7.04. The van der Waals surface area contributed by atoms with Crippen LogP contribution in [0, 0.1) is 0 Å². The average molecular weight is 414 g/mol. The highest BCUT2D eigenvalue weighted by Crippen LogP contribution is 2.34. The summed E-state index contributed by atoms with van der Waals surface area (Å²) in [5, 5.41) is 0.0924. The predicted molar refractivity (Wildman–Crippen MR) is 93.6 cm³/mol. The molecule has 0 aliphatic carbocycles. The van der Waals surface area contributed by atoms with Gasteiger partial charge in [-0.3, -0.25) is 4.90 Å². The number of halogens is 2. The van der Waals surface area contributed by atoms with Crippen LogP contribution in [0.4, 0.5) is 0 Å². The van der Waals surface area contributed by atoms with Gasteiger partial charge in [-0.05, 0) is 17.7 Å². The Balaban J connectivity index is 2.38. The van der Waals surface area contributed by atoms with E-state index in [0.29, 0.717) is 23.9 Å². The van der Waals surface area contributed by atoms with E-state index in [-0.39, 0.29) is 6.04 Å². The van der Waals surface area contributed by atoms with Gasteiger partial charge in [0.15, 0.2) is 9.84 Å². The standard InChI is InChI=1S/C13H18BrClN2O2S2/c1-21(18,19)13-8-20-5-4-17(13)12(7-16)10-3-2-9(14)6-11(10)15/h2-3,6,12-13H,4-5,7-8,16H2,1H3. The molecule has 1 aromatic rings. The summed E-state index contributed by atoms with van der Waals surface area (Å²) in [6.07, 6.45) is 1.29. The van der Waals surface area contributed by atoms with E-state index in [9.17, 15) is 8.42 Å². The first-order chi connectivity index (χ1) is 9.84. The molecule has 0 aromatic heterocycles. The first kappa shape index (κ1) is 17.6. The van der Waals surface area contributed by atoms with Gasteiger partial charge in [-0.25, -0.2) is 8.42 Å². The lowest BCUT2D eigenvalue weighted by Crippen LogP contribution is -2.50. The Hall–Kier alpha value is 0.210. The van der Waals surface area contributed by atoms with Crippen LogP contribution in [0.25, 0.3) is 0 Å². The fourth-order valence-corrected chi connectivity index (χ4v) is 6.25. The molecule has 1 aromatic carbocycles. The molecule has 4 nitrogen and oxygen atoms in total. The maximum absolute atomic E-state index is 12.1. The summed E-state index contributed by atoms with van der Waals surface area (Å²) in [4.78, 5) is 1.97. The van der Waals surface area contributed by atoms with E-state index in [4.69, 9.17) is 17.3 Å². The van der Waals surface area contributed by atoms with Crippen molar-refractivity contribution < 1.29 is 8.42 Å². The van der Waals surface area contributed by atoms with Crippen molar-refractivity contribution in [3.05, 3.63) is 33.3 Å². The minimum atomic E-state index is -3.16. The van der Waals surface area contributed by atoms with E-state index in [1.165, 1.54) is 6.26 Å². The second-order valence-corrected chi connectivity index (χ2v) is 9.69. The van der Waals surface area contributed by atoms with E-state index in [2.05, 4.69) is 15.9 Å². The highest BCUT2D eigenvalue weighted by molar-refractivity contribution is 9.10. The van der Waals surface area contributed by atoms with Crippen molar-refractivity contribution in [3.63, 3.8) is 0 Å². The van der Waals surface area contributed by atoms with E-state index in [1.807, 2.05) is 23.1 Å². The van der Waals surface area contributed by atoms with Gasteiger partial charge in [0.25, 0.3) is 0 Å². The van der Waals surface area contributed by atoms with Crippen molar-refractivity contribution >= 4 is 49.1 Å². The van der Waals surface area contributed by atoms with E-state index < -0.39 is 15.2 Å². The molecule has 1 aliphatic heterocycles. The Morgan fingerprint density at radius 1 is 1.57 bits per heavy atom. The summed E-state index contributed by atoms with van der Waals surface area (Å²) in [7, 11) is -3.16. The van der Waals surface area contributed by atoms with E-state index >= 15 is 0 Å². The monoisotopic (exact) mass is 412 g/mol. The van der Waals surface area contributed by atoms with E-state index in [1.54, 1.807) is 11.8 Å². The van der Waals surface area contributed by atoms with Gasteiger partial charge in [0.1, 0.15) is 5.37 Å². The molecular formula is C13H18BrClN2O2S2. The normalized spacial score (nSPS) is 22.2. The van der Waals surface area contributed by atoms with Gasteiger partial charge in [-0.15, -0.1) is 0 Å². The summed E-state index contributed by atoms with van der Waals surface area (Å²) < 4.78 is 25.0. The van der Waals surface area contributed by atoms with Crippen LogP contribution in [-0.2, 0) is 9.84 Å². The van der Waals surface area contributed by atoms with Crippen molar-refractivity contribution in [2.75, 3.05) is 30.9 Å². The molecule has 0 radical (unpaired) electrons. The Morgan fingerprint density at radius 3 is 2.86 bits per heavy atom. The Kier molecular flexibility index (Phi) is 6.01. The van der Waals surface area contributed by atoms with Crippen molar-refractivity contribution in [3.8, 4) is 0 Å². The second-order valence-electron chi connectivity index (χ2n) is 5.01. The van der Waals surface area contributed by atoms with Crippen LogP contribution in [0.3, 0.4) is 0 Å². The Morgan fingerprint density at radius 2 is 2.29 bits per heavy atom. The lowest BCUT2D eigenvalue weighted by molar-refractivity contribution is 0.198. The molecule has 0 amide bonds. The zero-order valence-corrected chi connectivity index (χ0v) is 15.6. The highest BCUT2D eigenvalue weighted by atomic mass is 79.9. The molecule has 0 spiro atoms. The molecule has 1 saturated heterocycles. The number of nitrogens with two attached hydrogens (primary N) is 1. The predicted octanol–water partition coefficient (Wildman–Crippen LogP) is 2.52. The SMILES string of the molecule is CS(=O)(=O)C1CSCCN1C(CN)c1ccc(Br)cc1Cl. The third-order valence-electron chi connectivity index (χ3n) is 3.56. The number of sulfone groups is 1. The number of hydrogen-bond acceptors (Lipinski definition) is 5. The molecule has 118 valence electrons. The molecular weight excluding hydrogens is 396 g/mol. The molecule has 1 fully saturated rings. The van der Waals surface area contributed by atoms with Gasteiger partial charge in [0, 0.05) is 46.4 Å². The molecule has 1 aliphatic rings. The zero-order chi connectivity index (χ0) is 15.6. The van der Waals surface area contributed by atoms with Crippen molar-refractivity contribution in [2.24, 2.45) is 5.73 Å². The van der Waals surface area contributed by atoms with Gasteiger partial charge in [0.2, 0.25) is 0 Å². The number of nitrogens with zero attached hydrogens (tertiary/aromatic N) is 1. The minimum absolute atomic E-state index is 0.189. The van der Waals surface area contributed by atoms with Gasteiger partial charge >= 0.3 is 0 Å². The first-order valence-electron chi connectivity index (χ1n) is 6.52. The van der Waals surface area contributed by atoms with Crippen LogP contribution < -0.4 is 5.73 Å². The number of hydrogen-bond donors (Lipinski definition) is 1. The molecule has 8 heteroatoms. The zero-order valence-electron chi connectivity index (χ0n) is 11.6. The average Bonchev–Trinajstić information content (AvgIpc) is 2.41. The largest absolute Gasteiger partial charge is 0.329 e. The molecule has 1 heterocycles. The Labute approximate surface area is 143 Å². The molecule has 0 saturated carbocycles. The van der Waals surface area contributed by atoms with Crippen molar-refractivity contribution in [1.82, 2.24) is 4.90 Å². The van der Waals surface area contributed by atoms with Gasteiger partial charge in [-0.1, -0.05) is 33.6 Å². The minimum Gasteiger partial charge on any atom is -0.329 e. The van der Waals surface area contributed by atoms with Crippen LogP contribution in [0.1, 0.15) is 11.6 Å². The van der Waals surface area contributed by atoms with E-state index in [0.717, 1.165) is 15.8 Å². The lowest BCUT2D eigenvalue weighted by atomic mass is 10.1. The maximum Gasteiger partial charge on any atom is 0.164 e. The van der Waals surface area contributed by atoms with Crippen LogP contribution in [0.2, 0.25) is 5.02 Å². The summed E-state index contributed by atoms with van der Waals surface area (Å²) in [6.45, 7) is 1.02. The number of rotatable bonds is 4. The fraction of sp³-hybridized carbons (Fsp3) is 0.538. The van der Waals surface area contributed by atoms with Crippen molar-refractivity contribution in [1.29, 1.82) is 0 Å². The van der Waals surface area contributed by atoms with Gasteiger partial charge in [-0.2, -0.15) is 11.8 Å². The maximum atomic E-state index is 12.1. The second kappa shape index (κ2) is 7.19. The van der Waals surface area contributed by atoms with Crippen LogP contribution >= 0.6 is 39.3 Å². The summed E-state index contributed by atoms with van der Waals surface area (Å²) in [5.74, 6) is 1.47. The van der Waals surface area contributed by atoms with Crippen LogP contribution in [-0.4, -0.2) is 49.5 Å².